The van der Waals surface area contributed by atoms with Gasteiger partial charge in [-0.2, -0.15) is 9.87 Å². The highest BCUT2D eigenvalue weighted by atomic mass is 35.5. The number of carbonyl (C=O) groups excluding carboxylic acids is 4. The van der Waals surface area contributed by atoms with Gasteiger partial charge in [0.05, 0.1) is 16.9 Å². The van der Waals surface area contributed by atoms with Crippen LogP contribution in [0.25, 0.3) is 0 Å². The van der Waals surface area contributed by atoms with Crippen molar-refractivity contribution in [2.75, 3.05) is 5.75 Å². The summed E-state index contributed by atoms with van der Waals surface area (Å²) in [7, 11) is -4.46. The molecule has 0 bridgehead atoms. The van der Waals surface area contributed by atoms with E-state index in [9.17, 15) is 32.0 Å². The van der Waals surface area contributed by atoms with Crippen LogP contribution in [0.1, 0.15) is 40.2 Å². The van der Waals surface area contributed by atoms with Crippen LogP contribution in [0.5, 0.6) is 0 Å². The normalized spacial score (nSPS) is 18.9. The number of benzene rings is 1. The van der Waals surface area contributed by atoms with Crippen LogP contribution in [-0.2, 0) is 40.2 Å². The Hall–Kier alpha value is -3.78. The summed E-state index contributed by atoms with van der Waals surface area (Å²) < 4.78 is 60.8. The lowest BCUT2D eigenvalue weighted by Crippen LogP contribution is -2.51. The smallest absolute Gasteiger partial charge is 0.408 e. The van der Waals surface area contributed by atoms with E-state index < -0.39 is 78.8 Å². The number of alkyl halides is 1. The van der Waals surface area contributed by atoms with E-state index in [1.807, 2.05) is 5.32 Å². The number of hydrogen-bond acceptors (Lipinski definition) is 9. The van der Waals surface area contributed by atoms with Crippen LogP contribution in [-0.4, -0.2) is 55.2 Å². The van der Waals surface area contributed by atoms with Crippen molar-refractivity contribution in [2.45, 2.75) is 58.4 Å². The van der Waals surface area contributed by atoms with Crippen molar-refractivity contribution in [1.29, 1.82) is 0 Å². The maximum atomic E-state index is 15.3. The molecule has 1 aromatic carbocycles. The Morgan fingerprint density at radius 2 is 1.73 bits per heavy atom. The summed E-state index contributed by atoms with van der Waals surface area (Å²) in [6.07, 6.45) is -0.354. The number of ether oxygens (including phenoxy) is 1. The first-order chi connectivity index (χ1) is 18.8. The standard InChI is InChI=1S/C26H28ClF2N3O8S/c1-25(2,3)39-24(36)30-17-12-41(37,38)22-18(19(17)33)14(10-13-6-8-15(27)9-7-13)11-16(20(28)31-22)21(34)32-40-23(35)26(4,5)29/h6-9,11,17,31H,10,12H2,1-5H3,(H,30,36)(H,32,34)/t17-/m0/s1. The van der Waals surface area contributed by atoms with Crippen molar-refractivity contribution in [3.63, 3.8) is 0 Å². The first-order valence-electron chi connectivity index (χ1n) is 12.1. The largest absolute Gasteiger partial charge is 0.444 e. The molecule has 2 aliphatic rings. The second kappa shape index (κ2) is 11.6. The third-order valence-electron chi connectivity index (χ3n) is 5.55. The van der Waals surface area contributed by atoms with Crippen molar-refractivity contribution >= 4 is 45.2 Å². The number of Topliss-reactive ketones (excluding diaryl/α,β-unsaturated/α-hetero) is 1. The second-order valence-electron chi connectivity index (χ2n) is 10.7. The van der Waals surface area contributed by atoms with E-state index in [-0.39, 0.29) is 12.0 Å². The van der Waals surface area contributed by atoms with Gasteiger partial charge in [-0.3, -0.25) is 9.59 Å². The zero-order valence-corrected chi connectivity index (χ0v) is 24.3. The molecule has 3 N–H and O–H groups in total. The fourth-order valence-corrected chi connectivity index (χ4v) is 5.45. The van der Waals surface area contributed by atoms with Crippen LogP contribution >= 0.6 is 11.6 Å². The minimum atomic E-state index is -4.46. The number of nitrogens with one attached hydrogen (secondary N) is 3. The summed E-state index contributed by atoms with van der Waals surface area (Å²) in [5, 5.41) is 3.78. The molecule has 0 spiro atoms. The molecule has 41 heavy (non-hydrogen) atoms. The van der Waals surface area contributed by atoms with Gasteiger partial charge >= 0.3 is 12.1 Å². The molecule has 222 valence electrons. The fraction of sp³-hybridized carbons (Fsp3) is 0.385. The Morgan fingerprint density at radius 1 is 1.12 bits per heavy atom. The Labute approximate surface area is 239 Å². The van der Waals surface area contributed by atoms with Gasteiger partial charge in [-0.25, -0.2) is 22.4 Å². The van der Waals surface area contributed by atoms with Gasteiger partial charge in [-0.15, -0.1) is 0 Å². The summed E-state index contributed by atoms with van der Waals surface area (Å²) in [6, 6.07) is 4.57. The highest BCUT2D eigenvalue weighted by molar-refractivity contribution is 7.95. The van der Waals surface area contributed by atoms with E-state index in [1.54, 1.807) is 38.4 Å². The zero-order chi connectivity index (χ0) is 30.9. The van der Waals surface area contributed by atoms with Crippen LogP contribution in [0.15, 0.2) is 58.0 Å². The molecular weight excluding hydrogens is 588 g/mol. The number of hydrogen-bond donors (Lipinski definition) is 3. The summed E-state index contributed by atoms with van der Waals surface area (Å²) in [5.74, 6) is -6.18. The van der Waals surface area contributed by atoms with E-state index in [4.69, 9.17) is 16.3 Å². The van der Waals surface area contributed by atoms with Crippen LogP contribution in [0, 0.1) is 0 Å². The molecule has 0 saturated heterocycles. The Morgan fingerprint density at radius 3 is 2.29 bits per heavy atom. The van der Waals surface area contributed by atoms with Gasteiger partial charge in [0.2, 0.25) is 11.6 Å². The van der Waals surface area contributed by atoms with E-state index >= 15 is 4.39 Å². The Bertz CT molecular complexity index is 1490. The highest BCUT2D eigenvalue weighted by Crippen LogP contribution is 2.33. The summed E-state index contributed by atoms with van der Waals surface area (Å²) in [4.78, 5) is 54.9. The summed E-state index contributed by atoms with van der Waals surface area (Å²) in [6.45, 7) is 6.45. The second-order valence-corrected chi connectivity index (χ2v) is 13.1. The number of alkyl carbamates (subject to hydrolysis) is 1. The number of halogens is 3. The van der Waals surface area contributed by atoms with Crippen molar-refractivity contribution in [3.05, 3.63) is 68.6 Å². The summed E-state index contributed by atoms with van der Waals surface area (Å²) >= 11 is 5.94. The number of hydroxylamine groups is 1. The lowest BCUT2D eigenvalue weighted by Gasteiger charge is -2.28. The van der Waals surface area contributed by atoms with Crippen molar-refractivity contribution in [2.24, 2.45) is 0 Å². The van der Waals surface area contributed by atoms with Crippen LogP contribution in [0.4, 0.5) is 13.6 Å². The zero-order valence-electron chi connectivity index (χ0n) is 22.7. The minimum absolute atomic E-state index is 0.131. The average Bonchev–Trinajstić information content (AvgIpc) is 2.97. The Balaban J connectivity index is 2.08. The van der Waals surface area contributed by atoms with Gasteiger partial charge in [0, 0.05) is 5.02 Å². The molecule has 0 fully saturated rings. The quantitative estimate of drug-likeness (QED) is 0.335. The summed E-state index contributed by atoms with van der Waals surface area (Å²) in [5.41, 5.74) is -2.82. The topological polar surface area (TPSA) is 157 Å². The maximum absolute atomic E-state index is 15.3. The molecule has 2 heterocycles. The maximum Gasteiger partial charge on any atom is 0.408 e. The van der Waals surface area contributed by atoms with Gasteiger partial charge < -0.3 is 20.2 Å². The number of sulfone groups is 1. The minimum Gasteiger partial charge on any atom is -0.444 e. The molecule has 0 unspecified atom stereocenters. The molecule has 0 aromatic heterocycles. The molecule has 1 aromatic rings. The number of rotatable bonds is 5. The molecular formula is C26H28ClF2N3O8S. The first kappa shape index (κ1) is 31.7. The average molecular weight is 616 g/mol. The van der Waals surface area contributed by atoms with Gasteiger partial charge in [-0.05, 0) is 70.4 Å². The molecule has 1 atom stereocenters. The molecule has 3 rings (SSSR count). The number of ketones is 1. The predicted octanol–water partition coefficient (Wildman–Crippen LogP) is 3.02. The van der Waals surface area contributed by atoms with Crippen molar-refractivity contribution in [3.8, 4) is 0 Å². The molecule has 0 saturated carbocycles. The van der Waals surface area contributed by atoms with Crippen molar-refractivity contribution < 1.29 is 46.0 Å². The van der Waals surface area contributed by atoms with Crippen molar-refractivity contribution in [1.82, 2.24) is 16.1 Å². The first-order valence-corrected chi connectivity index (χ1v) is 14.1. The molecule has 0 aliphatic carbocycles. The van der Waals surface area contributed by atoms with Crippen LogP contribution in [0.2, 0.25) is 5.02 Å². The third-order valence-corrected chi connectivity index (χ3v) is 7.50. The SMILES string of the molecule is CC(C)(C)OC(=O)N[C@H]1CS(=O)(=O)C2=C(C1=O)C(Cc1ccc(Cl)cc1)=CC(C(=O)NOC(=O)C(C)(C)F)=C(F)N2. The van der Waals surface area contributed by atoms with E-state index in [0.29, 0.717) is 10.6 Å². The predicted molar refractivity (Wildman–Crippen MR) is 143 cm³/mol. The molecule has 2 aliphatic heterocycles. The number of amides is 2. The molecule has 2 amide bonds. The lowest BCUT2D eigenvalue weighted by molar-refractivity contribution is -0.167. The fourth-order valence-electron chi connectivity index (χ4n) is 3.69. The molecule has 15 heteroatoms. The van der Waals surface area contributed by atoms with E-state index in [0.717, 1.165) is 19.9 Å². The third kappa shape index (κ3) is 7.91. The number of allylic oxidation sites excluding steroid dienone is 1. The van der Waals surface area contributed by atoms with E-state index in [1.165, 1.54) is 12.1 Å². The van der Waals surface area contributed by atoms with Gasteiger partial charge in [-0.1, -0.05) is 23.7 Å². The monoisotopic (exact) mass is 615 g/mol. The van der Waals surface area contributed by atoms with Crippen LogP contribution < -0.4 is 16.1 Å². The van der Waals surface area contributed by atoms with Crippen LogP contribution in [0.3, 0.4) is 0 Å². The highest BCUT2D eigenvalue weighted by Gasteiger charge is 2.44. The van der Waals surface area contributed by atoms with Gasteiger partial charge in [0.25, 0.3) is 5.91 Å². The number of carbonyl (C=O) groups is 4. The molecule has 0 radical (unpaired) electrons. The van der Waals surface area contributed by atoms with E-state index in [2.05, 4.69) is 10.2 Å². The Kier molecular flexibility index (Phi) is 8.99. The van der Waals surface area contributed by atoms with Gasteiger partial charge in [0.15, 0.2) is 15.6 Å². The van der Waals surface area contributed by atoms with Gasteiger partial charge in [0.1, 0.15) is 16.7 Å². The molecule has 11 nitrogen and oxygen atoms in total. The lowest BCUT2D eigenvalue weighted by atomic mass is 9.91.